The molecule has 2 aromatic rings. The number of thiazole rings is 1. The highest BCUT2D eigenvalue weighted by Gasteiger charge is 2.28. The van der Waals surface area contributed by atoms with Crippen molar-refractivity contribution in [1.29, 1.82) is 0 Å². The van der Waals surface area contributed by atoms with Crippen LogP contribution < -0.4 is 4.74 Å². The van der Waals surface area contributed by atoms with Crippen LogP contribution in [0.25, 0.3) is 0 Å². The number of aryl methyl sites for hydroxylation is 1. The molecule has 1 aromatic heterocycles. The summed E-state index contributed by atoms with van der Waals surface area (Å²) in [7, 11) is -6.68. The van der Waals surface area contributed by atoms with E-state index in [1.807, 2.05) is 0 Å². The molecule has 0 atom stereocenters. The second kappa shape index (κ2) is 10.4. The lowest BCUT2D eigenvalue weighted by molar-refractivity contribution is 0.180. The number of ether oxygens (including phenoxy) is 1. The molecule has 1 saturated heterocycles. The number of benzene rings is 1. The summed E-state index contributed by atoms with van der Waals surface area (Å²) in [6, 6.07) is 6.14. The van der Waals surface area contributed by atoms with Gasteiger partial charge in [0.1, 0.15) is 12.4 Å². The molecule has 31 heavy (non-hydrogen) atoms. The van der Waals surface area contributed by atoms with Crippen molar-refractivity contribution in [3.8, 4) is 5.75 Å². The van der Waals surface area contributed by atoms with Crippen LogP contribution in [-0.4, -0.2) is 75.3 Å². The van der Waals surface area contributed by atoms with Gasteiger partial charge in [0.2, 0.25) is 10.0 Å². The van der Waals surface area contributed by atoms with Crippen LogP contribution in [0, 0.1) is 0 Å². The second-order valence-corrected chi connectivity index (χ2v) is 12.7. The van der Waals surface area contributed by atoms with Crippen molar-refractivity contribution in [1.82, 2.24) is 14.2 Å². The van der Waals surface area contributed by atoms with Gasteiger partial charge in [-0.05, 0) is 30.7 Å². The maximum absolute atomic E-state index is 13.0. The largest absolute Gasteiger partial charge is 0.493 e. The van der Waals surface area contributed by atoms with E-state index in [4.69, 9.17) is 4.74 Å². The third-order valence-corrected chi connectivity index (χ3v) is 9.81. The summed E-state index contributed by atoms with van der Waals surface area (Å²) in [4.78, 5) is 7.02. The van der Waals surface area contributed by atoms with Gasteiger partial charge in [-0.15, -0.1) is 11.3 Å². The minimum absolute atomic E-state index is 0.0446. The Morgan fingerprint density at radius 3 is 2.29 bits per heavy atom. The van der Waals surface area contributed by atoms with Crippen molar-refractivity contribution in [3.05, 3.63) is 40.3 Å². The van der Waals surface area contributed by atoms with Crippen LogP contribution in [0.2, 0.25) is 0 Å². The highest BCUT2D eigenvalue weighted by molar-refractivity contribution is 7.91. The molecule has 8 nitrogen and oxygen atoms in total. The third kappa shape index (κ3) is 6.48. The molecule has 0 radical (unpaired) electrons. The van der Waals surface area contributed by atoms with Crippen molar-refractivity contribution in [2.75, 3.05) is 44.3 Å². The standard InChI is InChI=1S/C20H29N3O5S3/c1-3-20-21-17(16-29-20)15-22-9-11-23(12-10-22)31(26,27)19-7-5-18(6-8-19)28-13-14-30(24,25)4-2/h5-8,16H,3-4,9-15H2,1-2H3. The molecule has 1 aliphatic heterocycles. The summed E-state index contributed by atoms with van der Waals surface area (Å²) in [5, 5.41) is 3.19. The van der Waals surface area contributed by atoms with E-state index in [-0.39, 0.29) is 23.0 Å². The minimum Gasteiger partial charge on any atom is -0.493 e. The van der Waals surface area contributed by atoms with Gasteiger partial charge in [0.05, 0.1) is 21.3 Å². The first-order chi connectivity index (χ1) is 14.7. The Bertz CT molecular complexity index is 1060. The topological polar surface area (TPSA) is 96.9 Å². The molecule has 1 aliphatic rings. The summed E-state index contributed by atoms with van der Waals surface area (Å²) >= 11 is 1.66. The molecule has 11 heteroatoms. The fourth-order valence-corrected chi connectivity index (χ4v) is 6.01. The van der Waals surface area contributed by atoms with Gasteiger partial charge >= 0.3 is 0 Å². The van der Waals surface area contributed by atoms with Crippen molar-refractivity contribution in [2.24, 2.45) is 0 Å². The van der Waals surface area contributed by atoms with Gasteiger partial charge in [-0.2, -0.15) is 4.31 Å². The van der Waals surface area contributed by atoms with Gasteiger partial charge in [-0.1, -0.05) is 13.8 Å². The van der Waals surface area contributed by atoms with Crippen LogP contribution in [0.3, 0.4) is 0 Å². The van der Waals surface area contributed by atoms with Gasteiger partial charge in [0.25, 0.3) is 0 Å². The number of aromatic nitrogens is 1. The first kappa shape index (κ1) is 24.1. The molecular weight excluding hydrogens is 458 g/mol. The van der Waals surface area contributed by atoms with E-state index in [0.717, 1.165) is 23.7 Å². The lowest BCUT2D eigenvalue weighted by Crippen LogP contribution is -2.48. The zero-order chi connectivity index (χ0) is 22.5. The maximum atomic E-state index is 13.0. The number of nitrogens with zero attached hydrogens (tertiary/aromatic N) is 3. The first-order valence-corrected chi connectivity index (χ1v) is 14.5. The average Bonchev–Trinajstić information content (AvgIpc) is 3.22. The van der Waals surface area contributed by atoms with Gasteiger partial charge < -0.3 is 4.74 Å². The van der Waals surface area contributed by atoms with Gasteiger partial charge in [-0.25, -0.2) is 21.8 Å². The first-order valence-electron chi connectivity index (χ1n) is 10.3. The summed E-state index contributed by atoms with van der Waals surface area (Å²) in [6.07, 6.45) is 0.929. The van der Waals surface area contributed by atoms with Crippen LogP contribution in [0.1, 0.15) is 24.5 Å². The molecule has 2 heterocycles. The van der Waals surface area contributed by atoms with Crippen LogP contribution >= 0.6 is 11.3 Å². The Hall–Kier alpha value is -1.53. The Kier molecular flexibility index (Phi) is 8.08. The predicted molar refractivity (Wildman–Crippen MR) is 122 cm³/mol. The molecule has 0 saturated carbocycles. The lowest BCUT2D eigenvalue weighted by atomic mass is 10.3. The Labute approximate surface area is 188 Å². The van der Waals surface area contributed by atoms with E-state index in [1.165, 1.54) is 16.4 Å². The summed E-state index contributed by atoms with van der Waals surface area (Å²) < 4.78 is 55.9. The van der Waals surface area contributed by atoms with Gasteiger partial charge in [-0.3, -0.25) is 4.90 Å². The molecular formula is C20H29N3O5S3. The fourth-order valence-electron chi connectivity index (χ4n) is 3.23. The molecule has 0 amide bonds. The number of sulfonamides is 1. The zero-order valence-electron chi connectivity index (χ0n) is 17.9. The smallest absolute Gasteiger partial charge is 0.243 e. The summed E-state index contributed by atoms with van der Waals surface area (Å²) in [6.45, 7) is 6.64. The lowest BCUT2D eigenvalue weighted by Gasteiger charge is -2.33. The van der Waals surface area contributed by atoms with Crippen LogP contribution in [0.4, 0.5) is 0 Å². The van der Waals surface area contributed by atoms with Crippen LogP contribution in [0.5, 0.6) is 5.75 Å². The molecule has 1 fully saturated rings. The zero-order valence-corrected chi connectivity index (χ0v) is 20.3. The number of hydrogen-bond acceptors (Lipinski definition) is 8. The Morgan fingerprint density at radius 1 is 1.03 bits per heavy atom. The number of hydrogen-bond donors (Lipinski definition) is 0. The highest BCUT2D eigenvalue weighted by Crippen LogP contribution is 2.22. The molecule has 3 rings (SSSR count). The number of piperazine rings is 1. The number of sulfone groups is 1. The molecule has 0 bridgehead atoms. The van der Waals surface area contributed by atoms with E-state index < -0.39 is 19.9 Å². The van der Waals surface area contributed by atoms with Crippen molar-refractivity contribution in [2.45, 2.75) is 31.7 Å². The quantitative estimate of drug-likeness (QED) is 0.506. The molecule has 0 unspecified atom stereocenters. The average molecular weight is 488 g/mol. The number of rotatable bonds is 10. The van der Waals surface area contributed by atoms with Crippen molar-refractivity contribution < 1.29 is 21.6 Å². The van der Waals surface area contributed by atoms with E-state index >= 15 is 0 Å². The molecule has 0 spiro atoms. The highest BCUT2D eigenvalue weighted by atomic mass is 32.2. The second-order valence-electron chi connectivity index (χ2n) is 7.32. The minimum atomic E-state index is -3.58. The summed E-state index contributed by atoms with van der Waals surface area (Å²) in [5.41, 5.74) is 1.04. The van der Waals surface area contributed by atoms with Gasteiger partial charge in [0, 0.05) is 43.9 Å². The molecule has 0 N–H and O–H groups in total. The fraction of sp³-hybridized carbons (Fsp3) is 0.550. The Balaban J connectivity index is 1.53. The monoisotopic (exact) mass is 487 g/mol. The maximum Gasteiger partial charge on any atom is 0.243 e. The van der Waals surface area contributed by atoms with Crippen molar-refractivity contribution >= 4 is 31.2 Å². The normalized spacial score (nSPS) is 16.5. The van der Waals surface area contributed by atoms with Crippen molar-refractivity contribution in [3.63, 3.8) is 0 Å². The Morgan fingerprint density at radius 2 is 1.71 bits per heavy atom. The van der Waals surface area contributed by atoms with E-state index in [0.29, 0.717) is 31.9 Å². The summed E-state index contributed by atoms with van der Waals surface area (Å²) in [5.74, 6) is 0.462. The third-order valence-electron chi connectivity index (χ3n) is 5.18. The SMILES string of the molecule is CCc1nc(CN2CCN(S(=O)(=O)c3ccc(OCCS(=O)(=O)CC)cc3)CC2)cs1. The molecule has 1 aromatic carbocycles. The van der Waals surface area contributed by atoms with Gasteiger partial charge in [0.15, 0.2) is 9.84 Å². The van der Waals surface area contributed by atoms with E-state index in [1.54, 1.807) is 30.4 Å². The van der Waals surface area contributed by atoms with E-state index in [9.17, 15) is 16.8 Å². The molecule has 172 valence electrons. The van der Waals surface area contributed by atoms with E-state index in [2.05, 4.69) is 22.2 Å². The van der Waals surface area contributed by atoms with Crippen LogP contribution in [0.15, 0.2) is 34.5 Å². The van der Waals surface area contributed by atoms with Crippen LogP contribution in [-0.2, 0) is 32.8 Å². The molecule has 0 aliphatic carbocycles. The predicted octanol–water partition coefficient (Wildman–Crippen LogP) is 2.03.